The number of Topliss-reactive ketones (excluding diaryl/α,β-unsaturated/α-hetero) is 1. The van der Waals surface area contributed by atoms with E-state index in [0.29, 0.717) is 6.42 Å². The highest BCUT2D eigenvalue weighted by molar-refractivity contribution is 6.27. The fraction of sp³-hybridized carbons (Fsp3) is 0.750. The first-order chi connectivity index (χ1) is 6.51. The summed E-state index contributed by atoms with van der Waals surface area (Å²) in [6.45, 7) is 1.69. The van der Waals surface area contributed by atoms with E-state index in [-0.39, 0.29) is 18.1 Å². The lowest BCUT2D eigenvalue weighted by atomic mass is 10.1. The molecule has 0 aromatic carbocycles. The monoisotopic (exact) mass is 227 g/mol. The van der Waals surface area contributed by atoms with Gasteiger partial charge in [0.25, 0.3) is 5.91 Å². The van der Waals surface area contributed by atoms with Gasteiger partial charge < -0.3 is 5.32 Å². The third-order valence-electron chi connectivity index (χ3n) is 1.66. The molecule has 14 heavy (non-hydrogen) atoms. The number of nitrogens with one attached hydrogen (secondary N) is 1. The topological polar surface area (TPSA) is 46.2 Å². The summed E-state index contributed by atoms with van der Waals surface area (Å²) in [4.78, 5) is 21.4. The maximum atomic E-state index is 11.8. The molecule has 0 bridgehead atoms. The quantitative estimate of drug-likeness (QED) is 0.697. The van der Waals surface area contributed by atoms with Crippen LogP contribution in [-0.2, 0) is 9.59 Å². The molecule has 0 heterocycles. The molecular formula is C8H12ClF2NO2. The van der Waals surface area contributed by atoms with Gasteiger partial charge in [-0.25, -0.2) is 0 Å². The Morgan fingerprint density at radius 1 is 1.43 bits per heavy atom. The number of carbonyl (C=O) groups excluding carboxylic acids is 2. The number of hydrogen-bond acceptors (Lipinski definition) is 2. The number of rotatable bonds is 6. The van der Waals surface area contributed by atoms with Gasteiger partial charge in [-0.05, 0) is 6.42 Å². The summed E-state index contributed by atoms with van der Waals surface area (Å²) in [6.07, 6.45) is -2.63. The number of hydrogen-bond donors (Lipinski definition) is 1. The standard InChI is InChI=1S/C8H12ClF2NO2/c1-2-5(3-6(13)4-9)12-8(14)7(10)11/h5,7H,2-4H2,1H3,(H,12,14). The molecule has 0 aromatic heterocycles. The molecular weight excluding hydrogens is 216 g/mol. The van der Waals surface area contributed by atoms with Crippen LogP contribution in [-0.4, -0.2) is 30.0 Å². The Kier molecular flexibility index (Phi) is 6.36. The van der Waals surface area contributed by atoms with Crippen molar-refractivity contribution >= 4 is 23.3 Å². The van der Waals surface area contributed by atoms with Gasteiger partial charge in [0.15, 0.2) is 0 Å². The van der Waals surface area contributed by atoms with Gasteiger partial charge in [-0.1, -0.05) is 6.92 Å². The predicted molar refractivity (Wildman–Crippen MR) is 48.6 cm³/mol. The third-order valence-corrected chi connectivity index (χ3v) is 1.96. The maximum Gasteiger partial charge on any atom is 0.315 e. The van der Waals surface area contributed by atoms with Crippen molar-refractivity contribution in [1.82, 2.24) is 5.32 Å². The highest BCUT2D eigenvalue weighted by Crippen LogP contribution is 2.02. The van der Waals surface area contributed by atoms with E-state index in [0.717, 1.165) is 0 Å². The van der Waals surface area contributed by atoms with E-state index in [2.05, 4.69) is 5.32 Å². The summed E-state index contributed by atoms with van der Waals surface area (Å²) in [5.41, 5.74) is 0. The van der Waals surface area contributed by atoms with Gasteiger partial charge in [-0.15, -0.1) is 11.6 Å². The first-order valence-corrected chi connectivity index (χ1v) is 4.70. The van der Waals surface area contributed by atoms with Crippen molar-refractivity contribution in [2.24, 2.45) is 0 Å². The van der Waals surface area contributed by atoms with Crippen molar-refractivity contribution in [3.05, 3.63) is 0 Å². The molecule has 0 fully saturated rings. The van der Waals surface area contributed by atoms with Crippen molar-refractivity contribution in [1.29, 1.82) is 0 Å². The summed E-state index contributed by atoms with van der Waals surface area (Å²) in [7, 11) is 0. The molecule has 3 nitrogen and oxygen atoms in total. The van der Waals surface area contributed by atoms with Gasteiger partial charge in [-0.3, -0.25) is 9.59 Å². The molecule has 0 aliphatic carbocycles. The largest absolute Gasteiger partial charge is 0.348 e. The van der Waals surface area contributed by atoms with Crippen LogP contribution in [0, 0.1) is 0 Å². The highest BCUT2D eigenvalue weighted by Gasteiger charge is 2.20. The second-order valence-electron chi connectivity index (χ2n) is 2.79. The second-order valence-corrected chi connectivity index (χ2v) is 3.06. The molecule has 0 saturated heterocycles. The van der Waals surface area contributed by atoms with E-state index in [1.54, 1.807) is 6.92 Å². The molecule has 82 valence electrons. The van der Waals surface area contributed by atoms with E-state index >= 15 is 0 Å². The first kappa shape index (κ1) is 13.3. The van der Waals surface area contributed by atoms with Crippen LogP contribution in [0.2, 0.25) is 0 Å². The molecule has 0 aliphatic heterocycles. The van der Waals surface area contributed by atoms with Crippen molar-refractivity contribution < 1.29 is 18.4 Å². The zero-order valence-electron chi connectivity index (χ0n) is 7.73. The van der Waals surface area contributed by atoms with Crippen molar-refractivity contribution in [3.8, 4) is 0 Å². The van der Waals surface area contributed by atoms with E-state index in [1.807, 2.05) is 0 Å². The van der Waals surface area contributed by atoms with Gasteiger partial charge in [0.05, 0.1) is 5.88 Å². The van der Waals surface area contributed by atoms with Crippen molar-refractivity contribution in [2.45, 2.75) is 32.2 Å². The smallest absolute Gasteiger partial charge is 0.315 e. The molecule has 1 amide bonds. The number of halogens is 3. The minimum atomic E-state index is -3.05. The van der Waals surface area contributed by atoms with Gasteiger partial charge in [0.2, 0.25) is 0 Å². The zero-order valence-corrected chi connectivity index (χ0v) is 8.48. The normalized spacial score (nSPS) is 12.6. The molecule has 1 atom stereocenters. The average Bonchev–Trinajstić information content (AvgIpc) is 2.16. The molecule has 1 N–H and O–H groups in total. The summed E-state index contributed by atoms with van der Waals surface area (Å²) < 4.78 is 23.6. The van der Waals surface area contributed by atoms with Crippen LogP contribution in [0.3, 0.4) is 0 Å². The Labute approximate surface area is 85.8 Å². The Morgan fingerprint density at radius 3 is 2.36 bits per heavy atom. The third kappa shape index (κ3) is 5.11. The van der Waals surface area contributed by atoms with E-state index in [9.17, 15) is 18.4 Å². The fourth-order valence-corrected chi connectivity index (χ4v) is 1.00. The molecule has 1 unspecified atom stereocenters. The molecule has 0 aliphatic rings. The Balaban J connectivity index is 4.03. The number of ketones is 1. The van der Waals surface area contributed by atoms with Crippen LogP contribution in [0.1, 0.15) is 19.8 Å². The van der Waals surface area contributed by atoms with Crippen molar-refractivity contribution in [3.63, 3.8) is 0 Å². The molecule has 0 saturated carbocycles. The summed E-state index contributed by atoms with van der Waals surface area (Å²) in [5.74, 6) is -1.78. The van der Waals surface area contributed by atoms with Gasteiger partial charge >= 0.3 is 6.43 Å². The molecule has 0 aromatic rings. The summed E-state index contributed by atoms with van der Waals surface area (Å²) in [6, 6.07) is -0.553. The molecule has 0 rings (SSSR count). The maximum absolute atomic E-state index is 11.8. The van der Waals surface area contributed by atoms with Crippen molar-refractivity contribution in [2.75, 3.05) is 5.88 Å². The van der Waals surface area contributed by atoms with Crippen LogP contribution in [0.4, 0.5) is 8.78 Å². The van der Waals surface area contributed by atoms with E-state index < -0.39 is 18.4 Å². The summed E-state index contributed by atoms with van der Waals surface area (Å²) >= 11 is 5.24. The minimum absolute atomic E-state index is 0.00153. The Hall–Kier alpha value is -0.710. The minimum Gasteiger partial charge on any atom is -0.348 e. The first-order valence-electron chi connectivity index (χ1n) is 4.17. The lowest BCUT2D eigenvalue weighted by Crippen LogP contribution is -2.39. The number of alkyl halides is 3. The molecule has 0 spiro atoms. The van der Waals surface area contributed by atoms with Gasteiger partial charge in [0, 0.05) is 12.5 Å². The zero-order chi connectivity index (χ0) is 11.1. The summed E-state index contributed by atoms with van der Waals surface area (Å²) in [5, 5.41) is 2.06. The lowest BCUT2D eigenvalue weighted by molar-refractivity contribution is -0.132. The van der Waals surface area contributed by atoms with E-state index in [4.69, 9.17) is 11.6 Å². The average molecular weight is 228 g/mol. The predicted octanol–water partition coefficient (Wildman–Crippen LogP) is 1.34. The van der Waals surface area contributed by atoms with Crippen LogP contribution in [0.5, 0.6) is 0 Å². The number of carbonyl (C=O) groups is 2. The molecule has 6 heteroatoms. The number of amides is 1. The SMILES string of the molecule is CCC(CC(=O)CCl)NC(=O)C(F)F. The van der Waals surface area contributed by atoms with Gasteiger partial charge in [-0.2, -0.15) is 8.78 Å². The second kappa shape index (κ2) is 6.70. The van der Waals surface area contributed by atoms with Crippen LogP contribution in [0.15, 0.2) is 0 Å². The van der Waals surface area contributed by atoms with Crippen LogP contribution < -0.4 is 5.32 Å². The van der Waals surface area contributed by atoms with E-state index in [1.165, 1.54) is 0 Å². The van der Waals surface area contributed by atoms with Gasteiger partial charge in [0.1, 0.15) is 5.78 Å². The Morgan fingerprint density at radius 2 is 2.00 bits per heavy atom. The molecule has 0 radical (unpaired) electrons. The van der Waals surface area contributed by atoms with Crippen LogP contribution >= 0.6 is 11.6 Å². The Bertz CT molecular complexity index is 212. The lowest BCUT2D eigenvalue weighted by Gasteiger charge is -2.15. The fourth-order valence-electron chi connectivity index (χ4n) is 0.891. The van der Waals surface area contributed by atoms with Crippen LogP contribution in [0.25, 0.3) is 0 Å². The highest BCUT2D eigenvalue weighted by atomic mass is 35.5.